The van der Waals surface area contributed by atoms with Crippen LogP contribution in [0.4, 0.5) is 17.2 Å². The zero-order chi connectivity index (χ0) is 20.7. The highest BCUT2D eigenvalue weighted by Crippen LogP contribution is 2.37. The lowest BCUT2D eigenvalue weighted by Gasteiger charge is -2.23. The number of carbonyl (C=O) groups excluding carboxylic acids is 1. The van der Waals surface area contributed by atoms with Crippen molar-refractivity contribution in [1.82, 2.24) is 9.38 Å². The summed E-state index contributed by atoms with van der Waals surface area (Å²) < 4.78 is 2.08. The third kappa shape index (κ3) is 2.96. The lowest BCUT2D eigenvalue weighted by Crippen LogP contribution is -2.13. The van der Waals surface area contributed by atoms with Gasteiger partial charge in [0.1, 0.15) is 11.9 Å². The van der Waals surface area contributed by atoms with Gasteiger partial charge in [0, 0.05) is 18.3 Å². The van der Waals surface area contributed by atoms with Gasteiger partial charge in [-0.1, -0.05) is 12.1 Å². The Hall–Kier alpha value is -3.85. The molecule has 0 saturated heterocycles. The smallest absolute Gasteiger partial charge is 0.221 e. The first-order valence-electron chi connectivity index (χ1n) is 10.2. The first-order valence-corrected chi connectivity index (χ1v) is 10.2. The van der Waals surface area contributed by atoms with E-state index in [1.54, 1.807) is 0 Å². The van der Waals surface area contributed by atoms with E-state index in [0.717, 1.165) is 59.5 Å². The van der Waals surface area contributed by atoms with Gasteiger partial charge in [0.2, 0.25) is 5.91 Å². The van der Waals surface area contributed by atoms with E-state index in [0.29, 0.717) is 11.2 Å². The molecule has 1 aliphatic carbocycles. The molecule has 30 heavy (non-hydrogen) atoms. The van der Waals surface area contributed by atoms with Crippen LogP contribution in [0.15, 0.2) is 48.5 Å². The summed E-state index contributed by atoms with van der Waals surface area (Å²) >= 11 is 0. The summed E-state index contributed by atoms with van der Waals surface area (Å²) in [7, 11) is 0. The van der Waals surface area contributed by atoms with Gasteiger partial charge in [-0.25, -0.2) is 4.98 Å². The SMILES string of the molecule is CC(=O)Nc1ccc(Nc2c3c(c(C#N)c4nc5ccccc5n24)CCCC3)cc1. The Balaban J connectivity index is 1.72. The normalized spacial score (nSPS) is 13.1. The quantitative estimate of drug-likeness (QED) is 0.515. The molecule has 148 valence electrons. The van der Waals surface area contributed by atoms with Crippen LogP contribution in [0.25, 0.3) is 16.7 Å². The Bertz CT molecular complexity index is 1330. The number of nitriles is 1. The van der Waals surface area contributed by atoms with Crippen LogP contribution in [-0.2, 0) is 17.6 Å². The van der Waals surface area contributed by atoms with Gasteiger partial charge in [-0.3, -0.25) is 9.20 Å². The van der Waals surface area contributed by atoms with Crippen LogP contribution in [-0.4, -0.2) is 15.3 Å². The summed E-state index contributed by atoms with van der Waals surface area (Å²) in [6.07, 6.45) is 4.02. The van der Waals surface area contributed by atoms with Crippen LogP contribution < -0.4 is 10.6 Å². The van der Waals surface area contributed by atoms with Crippen molar-refractivity contribution in [3.05, 3.63) is 65.2 Å². The Morgan fingerprint density at radius 3 is 2.47 bits per heavy atom. The second-order valence-electron chi connectivity index (χ2n) is 7.64. The molecule has 2 N–H and O–H groups in total. The van der Waals surface area contributed by atoms with Crippen molar-refractivity contribution in [2.75, 3.05) is 10.6 Å². The third-order valence-electron chi connectivity index (χ3n) is 5.64. The molecule has 0 radical (unpaired) electrons. The summed E-state index contributed by atoms with van der Waals surface area (Å²) in [5, 5.41) is 16.3. The third-order valence-corrected chi connectivity index (χ3v) is 5.64. The molecule has 4 aromatic rings. The van der Waals surface area contributed by atoms with Crippen LogP contribution in [0, 0.1) is 11.3 Å². The Kier molecular flexibility index (Phi) is 4.36. The molecule has 0 atom stereocenters. The number of carbonyl (C=O) groups is 1. The highest BCUT2D eigenvalue weighted by molar-refractivity contribution is 5.89. The first kappa shape index (κ1) is 18.2. The largest absolute Gasteiger partial charge is 0.341 e. The zero-order valence-corrected chi connectivity index (χ0v) is 16.7. The predicted molar refractivity (Wildman–Crippen MR) is 118 cm³/mol. The van der Waals surface area contributed by atoms with E-state index in [2.05, 4.69) is 21.1 Å². The Labute approximate surface area is 174 Å². The molecule has 2 aromatic carbocycles. The number of hydrogen-bond acceptors (Lipinski definition) is 4. The summed E-state index contributed by atoms with van der Waals surface area (Å²) in [5.74, 6) is 0.878. The van der Waals surface area contributed by atoms with Gasteiger partial charge in [0.25, 0.3) is 0 Å². The molecule has 0 bridgehead atoms. The number of hydrogen-bond donors (Lipinski definition) is 2. The summed E-state index contributed by atoms with van der Waals surface area (Å²) in [6.45, 7) is 1.50. The van der Waals surface area contributed by atoms with Crippen molar-refractivity contribution in [1.29, 1.82) is 5.26 Å². The van der Waals surface area contributed by atoms with E-state index < -0.39 is 0 Å². The topological polar surface area (TPSA) is 82.2 Å². The molecule has 6 heteroatoms. The minimum atomic E-state index is -0.0940. The molecule has 1 aliphatic rings. The van der Waals surface area contributed by atoms with Crippen molar-refractivity contribution in [3.8, 4) is 6.07 Å². The number of pyridine rings is 1. The predicted octanol–water partition coefficient (Wildman–Crippen LogP) is 4.94. The molecule has 0 unspecified atom stereocenters. The van der Waals surface area contributed by atoms with Gasteiger partial charge >= 0.3 is 0 Å². The van der Waals surface area contributed by atoms with E-state index in [4.69, 9.17) is 4.98 Å². The van der Waals surface area contributed by atoms with E-state index in [9.17, 15) is 10.1 Å². The number of nitrogens with one attached hydrogen (secondary N) is 2. The van der Waals surface area contributed by atoms with Crippen LogP contribution in [0.5, 0.6) is 0 Å². The fourth-order valence-electron chi connectivity index (χ4n) is 4.36. The van der Waals surface area contributed by atoms with Crippen molar-refractivity contribution in [3.63, 3.8) is 0 Å². The maximum atomic E-state index is 11.3. The highest BCUT2D eigenvalue weighted by atomic mass is 16.1. The standard InChI is InChI=1S/C24H21N5O/c1-15(30)26-16-10-12-17(13-11-16)27-23-19-7-3-2-6-18(19)20(14-25)24-28-21-8-4-5-9-22(21)29(23)24/h4-5,8-13,27H,2-3,6-7H2,1H3,(H,26,30). The molecule has 2 aromatic heterocycles. The van der Waals surface area contributed by atoms with Crippen molar-refractivity contribution >= 4 is 39.8 Å². The van der Waals surface area contributed by atoms with Crippen molar-refractivity contribution in [2.45, 2.75) is 32.6 Å². The summed E-state index contributed by atoms with van der Waals surface area (Å²) in [4.78, 5) is 16.1. The monoisotopic (exact) mass is 395 g/mol. The molecular formula is C24H21N5O. The second-order valence-corrected chi connectivity index (χ2v) is 7.64. The number of amides is 1. The molecule has 6 nitrogen and oxygen atoms in total. The van der Waals surface area contributed by atoms with Gasteiger partial charge in [0.05, 0.1) is 16.6 Å². The van der Waals surface area contributed by atoms with Gasteiger partial charge in [-0.15, -0.1) is 0 Å². The van der Waals surface area contributed by atoms with E-state index in [1.807, 2.05) is 48.5 Å². The molecule has 1 amide bonds. The molecule has 0 fully saturated rings. The number of aromatic nitrogens is 2. The minimum absolute atomic E-state index is 0.0940. The average Bonchev–Trinajstić information content (AvgIpc) is 3.14. The first-order chi connectivity index (χ1) is 14.7. The van der Waals surface area contributed by atoms with Crippen molar-refractivity contribution in [2.24, 2.45) is 0 Å². The van der Waals surface area contributed by atoms with Gasteiger partial charge < -0.3 is 10.6 Å². The number of nitrogens with zero attached hydrogens (tertiary/aromatic N) is 3. The van der Waals surface area contributed by atoms with Gasteiger partial charge in [0.15, 0.2) is 5.65 Å². The number of anilines is 3. The molecule has 0 spiro atoms. The molecule has 5 rings (SSSR count). The van der Waals surface area contributed by atoms with Gasteiger partial charge in [-0.05, 0) is 73.2 Å². The molecule has 2 heterocycles. The average molecular weight is 395 g/mol. The number of benzene rings is 2. The van der Waals surface area contributed by atoms with E-state index in [-0.39, 0.29) is 5.91 Å². The zero-order valence-electron chi connectivity index (χ0n) is 16.7. The van der Waals surface area contributed by atoms with Gasteiger partial charge in [-0.2, -0.15) is 5.26 Å². The minimum Gasteiger partial charge on any atom is -0.341 e. The lowest BCUT2D eigenvalue weighted by atomic mass is 9.89. The molecule has 0 aliphatic heterocycles. The number of imidazole rings is 1. The highest BCUT2D eigenvalue weighted by Gasteiger charge is 2.24. The van der Waals surface area contributed by atoms with Crippen molar-refractivity contribution < 1.29 is 4.79 Å². The van der Waals surface area contributed by atoms with E-state index >= 15 is 0 Å². The van der Waals surface area contributed by atoms with Crippen LogP contribution in [0.1, 0.15) is 36.5 Å². The Morgan fingerprint density at radius 2 is 1.73 bits per heavy atom. The van der Waals surface area contributed by atoms with Crippen LogP contribution in [0.2, 0.25) is 0 Å². The van der Waals surface area contributed by atoms with E-state index in [1.165, 1.54) is 12.5 Å². The van der Waals surface area contributed by atoms with Crippen LogP contribution >= 0.6 is 0 Å². The summed E-state index contributed by atoms with van der Waals surface area (Å²) in [5.41, 5.74) is 7.23. The molecular weight excluding hydrogens is 374 g/mol. The number of fused-ring (bicyclic) bond motifs is 4. The Morgan fingerprint density at radius 1 is 1.03 bits per heavy atom. The second kappa shape index (κ2) is 7.20. The fourth-order valence-corrected chi connectivity index (χ4v) is 4.36. The maximum absolute atomic E-state index is 11.3. The maximum Gasteiger partial charge on any atom is 0.221 e. The van der Waals surface area contributed by atoms with Crippen LogP contribution in [0.3, 0.4) is 0 Å². The molecule has 0 saturated carbocycles. The number of rotatable bonds is 3. The number of para-hydroxylation sites is 2. The summed E-state index contributed by atoms with van der Waals surface area (Å²) in [6, 6.07) is 18.1. The fraction of sp³-hybridized carbons (Fsp3) is 0.208. The lowest BCUT2D eigenvalue weighted by molar-refractivity contribution is -0.114.